The van der Waals surface area contributed by atoms with Gasteiger partial charge in [0, 0.05) is 0 Å². The highest BCUT2D eigenvalue weighted by Gasteiger charge is 2.40. The Hall–Kier alpha value is -1.98. The average Bonchev–Trinajstić information content (AvgIpc) is 2.13. The molecule has 0 fully saturated rings. The summed E-state index contributed by atoms with van der Waals surface area (Å²) in [5.41, 5.74) is 0.232. The Morgan fingerprint density at radius 1 is 1.12 bits per heavy atom. The summed E-state index contributed by atoms with van der Waals surface area (Å²) < 4.78 is 73.8. The van der Waals surface area contributed by atoms with Crippen molar-refractivity contribution < 1.29 is 26.3 Å². The first-order valence-electron chi connectivity index (χ1n) is 3.92. The summed E-state index contributed by atoms with van der Waals surface area (Å²) >= 11 is 0. The van der Waals surface area contributed by atoms with Gasteiger partial charge < -0.3 is 5.73 Å². The molecule has 0 spiro atoms. The van der Waals surface area contributed by atoms with Gasteiger partial charge in [-0.15, -0.1) is 0 Å². The molecule has 3 nitrogen and oxygen atoms in total. The monoisotopic (exact) mass is 255 g/mol. The number of halogens is 6. The molecule has 0 radical (unpaired) electrons. The third kappa shape index (κ3) is 2.58. The molecule has 0 saturated heterocycles. The summed E-state index contributed by atoms with van der Waals surface area (Å²) in [6.07, 6.45) is -10.2. The molecule has 0 aliphatic heterocycles. The van der Waals surface area contributed by atoms with Gasteiger partial charge in [0.05, 0.1) is 5.56 Å². The molecule has 0 aliphatic rings. The predicted octanol–water partition coefficient (Wildman–Crippen LogP) is 2.57. The number of pyridine rings is 1. The van der Waals surface area contributed by atoms with Gasteiger partial charge in [-0.3, -0.25) is 0 Å². The highest BCUT2D eigenvalue weighted by Crippen LogP contribution is 2.37. The molecule has 0 amide bonds. The van der Waals surface area contributed by atoms with Crippen LogP contribution in [0.1, 0.15) is 16.8 Å². The summed E-state index contributed by atoms with van der Waals surface area (Å²) in [5.74, 6) is -1.10. The quantitative estimate of drug-likeness (QED) is 0.724. The van der Waals surface area contributed by atoms with E-state index in [-0.39, 0.29) is 6.07 Å². The van der Waals surface area contributed by atoms with Gasteiger partial charge in [-0.05, 0) is 6.07 Å². The van der Waals surface area contributed by atoms with Gasteiger partial charge in [0.15, 0.2) is 0 Å². The van der Waals surface area contributed by atoms with Crippen molar-refractivity contribution in [1.82, 2.24) is 4.98 Å². The molecule has 9 heteroatoms. The minimum Gasteiger partial charge on any atom is -0.383 e. The Morgan fingerprint density at radius 3 is 2.00 bits per heavy atom. The summed E-state index contributed by atoms with van der Waals surface area (Å²) in [6, 6.07) is 0.833. The summed E-state index contributed by atoms with van der Waals surface area (Å²) in [5, 5.41) is 8.41. The number of alkyl halides is 6. The largest absolute Gasteiger partial charge is 0.433 e. The van der Waals surface area contributed by atoms with Crippen LogP contribution in [0.4, 0.5) is 32.2 Å². The zero-order chi connectivity index (χ0) is 13.4. The van der Waals surface area contributed by atoms with Crippen molar-refractivity contribution in [1.29, 1.82) is 5.26 Å². The number of aromatic nitrogens is 1. The third-order valence-corrected chi connectivity index (χ3v) is 1.76. The third-order valence-electron chi connectivity index (χ3n) is 1.76. The van der Waals surface area contributed by atoms with Gasteiger partial charge in [-0.1, -0.05) is 0 Å². The van der Waals surface area contributed by atoms with Gasteiger partial charge in [0.25, 0.3) is 0 Å². The second-order valence-corrected chi connectivity index (χ2v) is 2.92. The van der Waals surface area contributed by atoms with Crippen molar-refractivity contribution in [2.75, 3.05) is 5.73 Å². The number of nitrogens with zero attached hydrogens (tertiary/aromatic N) is 2. The van der Waals surface area contributed by atoms with Crippen LogP contribution in [0.25, 0.3) is 0 Å². The highest BCUT2D eigenvalue weighted by atomic mass is 19.4. The van der Waals surface area contributed by atoms with Crippen LogP contribution < -0.4 is 5.73 Å². The molecular formula is C8H3F6N3. The van der Waals surface area contributed by atoms with Crippen molar-refractivity contribution in [3.05, 3.63) is 22.9 Å². The number of anilines is 1. The predicted molar refractivity (Wildman–Crippen MR) is 43.4 cm³/mol. The molecule has 1 rings (SSSR count). The van der Waals surface area contributed by atoms with E-state index in [1.165, 1.54) is 0 Å². The second-order valence-electron chi connectivity index (χ2n) is 2.92. The number of nitriles is 1. The first-order chi connectivity index (χ1) is 7.57. The normalized spacial score (nSPS) is 12.3. The Morgan fingerprint density at radius 2 is 1.65 bits per heavy atom. The van der Waals surface area contributed by atoms with Gasteiger partial charge in [0.2, 0.25) is 0 Å². The van der Waals surface area contributed by atoms with Crippen LogP contribution in [0.15, 0.2) is 6.07 Å². The van der Waals surface area contributed by atoms with Crippen LogP contribution in [0.5, 0.6) is 0 Å². The van der Waals surface area contributed by atoms with E-state index in [2.05, 4.69) is 4.98 Å². The van der Waals surface area contributed by atoms with E-state index in [9.17, 15) is 26.3 Å². The fourth-order valence-electron chi connectivity index (χ4n) is 1.05. The van der Waals surface area contributed by atoms with Crippen molar-refractivity contribution >= 4 is 5.82 Å². The molecular weight excluding hydrogens is 252 g/mol. The molecule has 92 valence electrons. The minimum absolute atomic E-state index is 0.241. The molecule has 0 bridgehead atoms. The lowest BCUT2D eigenvalue weighted by Gasteiger charge is -2.13. The second kappa shape index (κ2) is 3.80. The Kier molecular flexibility index (Phi) is 2.92. The van der Waals surface area contributed by atoms with Gasteiger partial charge in [0.1, 0.15) is 23.1 Å². The van der Waals surface area contributed by atoms with Gasteiger partial charge in [-0.2, -0.15) is 31.6 Å². The first-order valence-corrected chi connectivity index (χ1v) is 3.92. The maximum Gasteiger partial charge on any atom is 0.433 e. The van der Waals surface area contributed by atoms with Crippen LogP contribution in [0.2, 0.25) is 0 Å². The van der Waals surface area contributed by atoms with Gasteiger partial charge >= 0.3 is 12.4 Å². The molecule has 1 heterocycles. The molecule has 1 aromatic rings. The van der Waals surface area contributed by atoms with Crippen LogP contribution in [0, 0.1) is 11.3 Å². The molecule has 0 aromatic carbocycles. The maximum absolute atomic E-state index is 12.4. The van der Waals surface area contributed by atoms with Crippen molar-refractivity contribution in [3.8, 4) is 6.07 Å². The number of nitrogen functional groups attached to an aromatic ring is 1. The lowest BCUT2D eigenvalue weighted by molar-refractivity contribution is -0.145. The van der Waals surface area contributed by atoms with Crippen molar-refractivity contribution in [2.24, 2.45) is 0 Å². The molecule has 0 atom stereocenters. The number of rotatable bonds is 0. The fraction of sp³-hybridized carbons (Fsp3) is 0.250. The molecule has 0 unspecified atom stereocenters. The van der Waals surface area contributed by atoms with E-state index in [1.54, 1.807) is 0 Å². The zero-order valence-corrected chi connectivity index (χ0v) is 7.82. The smallest absolute Gasteiger partial charge is 0.383 e. The summed E-state index contributed by atoms with van der Waals surface area (Å²) in [4.78, 5) is 2.72. The van der Waals surface area contributed by atoms with E-state index in [4.69, 9.17) is 11.0 Å². The number of hydrogen-bond acceptors (Lipinski definition) is 3. The summed E-state index contributed by atoms with van der Waals surface area (Å²) in [7, 11) is 0. The van der Waals surface area contributed by atoms with E-state index < -0.39 is 35.0 Å². The van der Waals surface area contributed by atoms with Crippen LogP contribution in [-0.2, 0) is 12.4 Å². The highest BCUT2D eigenvalue weighted by molar-refractivity contribution is 5.55. The standard InChI is InChI=1S/C8H3F6N3/c9-7(10,11)4-1-5(8(12,13)14)17-6(16)3(4)2-15/h1H,(H2,16,17). The van der Waals surface area contributed by atoms with E-state index in [1.807, 2.05) is 0 Å². The summed E-state index contributed by atoms with van der Waals surface area (Å²) in [6.45, 7) is 0. The molecule has 0 saturated carbocycles. The van der Waals surface area contributed by atoms with E-state index in [0.717, 1.165) is 6.07 Å². The maximum atomic E-state index is 12.4. The van der Waals surface area contributed by atoms with Crippen molar-refractivity contribution in [3.63, 3.8) is 0 Å². The van der Waals surface area contributed by atoms with E-state index >= 15 is 0 Å². The number of hydrogen-bond donors (Lipinski definition) is 1. The Balaban J connectivity index is 3.58. The number of nitrogens with two attached hydrogens (primary N) is 1. The molecule has 2 N–H and O–H groups in total. The molecule has 1 aromatic heterocycles. The topological polar surface area (TPSA) is 62.7 Å². The van der Waals surface area contributed by atoms with Crippen LogP contribution in [-0.4, -0.2) is 4.98 Å². The minimum atomic E-state index is -5.11. The SMILES string of the molecule is N#Cc1c(C(F)(F)F)cc(C(F)(F)F)nc1N. The lowest BCUT2D eigenvalue weighted by atomic mass is 10.1. The van der Waals surface area contributed by atoms with Crippen LogP contribution >= 0.6 is 0 Å². The Labute approximate surface area is 90.5 Å². The lowest BCUT2D eigenvalue weighted by Crippen LogP contribution is -2.16. The zero-order valence-electron chi connectivity index (χ0n) is 7.82. The Bertz CT molecular complexity index is 482. The fourth-order valence-corrected chi connectivity index (χ4v) is 1.05. The molecule has 0 aliphatic carbocycles. The first kappa shape index (κ1) is 13.1. The average molecular weight is 255 g/mol. The van der Waals surface area contributed by atoms with Crippen molar-refractivity contribution in [2.45, 2.75) is 12.4 Å². The molecule has 17 heavy (non-hydrogen) atoms. The van der Waals surface area contributed by atoms with E-state index in [0.29, 0.717) is 0 Å². The van der Waals surface area contributed by atoms with Crippen LogP contribution in [0.3, 0.4) is 0 Å². The van der Waals surface area contributed by atoms with Gasteiger partial charge in [-0.25, -0.2) is 4.98 Å².